The summed E-state index contributed by atoms with van der Waals surface area (Å²) in [6.07, 6.45) is 1.47. The van der Waals surface area contributed by atoms with Crippen LogP contribution in [0.5, 0.6) is 5.75 Å². The minimum Gasteiger partial charge on any atom is -0.497 e. The van der Waals surface area contributed by atoms with Crippen LogP contribution in [0.15, 0.2) is 42.6 Å². The smallest absolute Gasteiger partial charge is 0.272 e. The molecule has 2 aromatic rings. The van der Waals surface area contributed by atoms with Crippen molar-refractivity contribution in [3.63, 3.8) is 0 Å². The molecule has 0 aliphatic carbocycles. The van der Waals surface area contributed by atoms with Gasteiger partial charge >= 0.3 is 0 Å². The van der Waals surface area contributed by atoms with Gasteiger partial charge in [0.05, 0.1) is 7.11 Å². The molecule has 0 saturated carbocycles. The van der Waals surface area contributed by atoms with Gasteiger partial charge in [-0.05, 0) is 50.2 Å². The lowest BCUT2D eigenvalue weighted by Crippen LogP contribution is -2.31. The lowest BCUT2D eigenvalue weighted by molar-refractivity contribution is 0.0767. The highest BCUT2D eigenvalue weighted by Crippen LogP contribution is 2.16. The van der Waals surface area contributed by atoms with Crippen molar-refractivity contribution in [2.45, 2.75) is 13.8 Å². The molecule has 1 aromatic heterocycles. The van der Waals surface area contributed by atoms with E-state index in [0.717, 1.165) is 0 Å². The molecule has 1 aromatic carbocycles. The van der Waals surface area contributed by atoms with Gasteiger partial charge in [-0.25, -0.2) is 0 Å². The van der Waals surface area contributed by atoms with Gasteiger partial charge in [-0.15, -0.1) is 0 Å². The standard InChI is InChI=1S/C18H21N3O3/c1-4-21(5-2)18(23)16-12-13(10-11-19-16)17(22)20-14-6-8-15(24-3)9-7-14/h6-12H,4-5H2,1-3H3,(H,20,22). The molecule has 0 fully saturated rings. The molecular weight excluding hydrogens is 306 g/mol. The summed E-state index contributed by atoms with van der Waals surface area (Å²) in [6, 6.07) is 10.1. The van der Waals surface area contributed by atoms with Crippen molar-refractivity contribution in [3.8, 4) is 5.75 Å². The normalized spacial score (nSPS) is 10.1. The van der Waals surface area contributed by atoms with Crippen molar-refractivity contribution in [1.29, 1.82) is 0 Å². The van der Waals surface area contributed by atoms with Crippen molar-refractivity contribution in [1.82, 2.24) is 9.88 Å². The third-order valence-electron chi connectivity index (χ3n) is 3.64. The van der Waals surface area contributed by atoms with E-state index in [2.05, 4.69) is 10.3 Å². The van der Waals surface area contributed by atoms with Gasteiger partial charge in [-0.1, -0.05) is 0 Å². The van der Waals surface area contributed by atoms with Crippen LogP contribution in [0.1, 0.15) is 34.7 Å². The Labute approximate surface area is 141 Å². The molecule has 0 aliphatic heterocycles. The van der Waals surface area contributed by atoms with Crippen LogP contribution in [0.25, 0.3) is 0 Å². The summed E-state index contributed by atoms with van der Waals surface area (Å²) in [5, 5.41) is 2.79. The third-order valence-corrected chi connectivity index (χ3v) is 3.64. The number of benzene rings is 1. The lowest BCUT2D eigenvalue weighted by atomic mass is 10.2. The number of pyridine rings is 1. The third kappa shape index (κ3) is 4.10. The van der Waals surface area contributed by atoms with Crippen LogP contribution >= 0.6 is 0 Å². The number of hydrogen-bond acceptors (Lipinski definition) is 4. The first-order chi connectivity index (χ1) is 11.6. The van der Waals surface area contributed by atoms with Gasteiger partial charge in [0, 0.05) is 30.5 Å². The Morgan fingerprint density at radius 3 is 2.38 bits per heavy atom. The number of aromatic nitrogens is 1. The van der Waals surface area contributed by atoms with Gasteiger partial charge in [0.25, 0.3) is 11.8 Å². The molecule has 0 spiro atoms. The number of carbonyl (C=O) groups excluding carboxylic acids is 2. The zero-order valence-electron chi connectivity index (χ0n) is 14.1. The quantitative estimate of drug-likeness (QED) is 0.885. The van der Waals surface area contributed by atoms with Crippen molar-refractivity contribution in [2.75, 3.05) is 25.5 Å². The van der Waals surface area contributed by atoms with Crippen molar-refractivity contribution < 1.29 is 14.3 Å². The summed E-state index contributed by atoms with van der Waals surface area (Å²) < 4.78 is 5.08. The van der Waals surface area contributed by atoms with Gasteiger partial charge in [0.15, 0.2) is 0 Å². The van der Waals surface area contributed by atoms with E-state index in [1.54, 1.807) is 42.3 Å². The Morgan fingerprint density at radius 1 is 1.12 bits per heavy atom. The van der Waals surface area contributed by atoms with Crippen LogP contribution in [-0.4, -0.2) is 41.9 Å². The molecule has 0 aliphatic rings. The first kappa shape index (κ1) is 17.5. The minimum absolute atomic E-state index is 0.181. The molecule has 126 valence electrons. The van der Waals surface area contributed by atoms with Gasteiger partial charge < -0.3 is 15.0 Å². The predicted molar refractivity (Wildman–Crippen MR) is 92.4 cm³/mol. The summed E-state index contributed by atoms with van der Waals surface area (Å²) in [7, 11) is 1.58. The van der Waals surface area contributed by atoms with E-state index in [-0.39, 0.29) is 17.5 Å². The molecule has 0 saturated heterocycles. The van der Waals surface area contributed by atoms with E-state index in [0.29, 0.717) is 30.1 Å². The van der Waals surface area contributed by atoms with E-state index in [1.165, 1.54) is 12.3 Å². The number of hydrogen-bond donors (Lipinski definition) is 1. The molecule has 0 radical (unpaired) electrons. The second-order valence-corrected chi connectivity index (χ2v) is 5.09. The maximum atomic E-state index is 12.4. The fourth-order valence-corrected chi connectivity index (χ4v) is 2.24. The average Bonchev–Trinajstić information content (AvgIpc) is 2.63. The number of ether oxygens (including phenoxy) is 1. The first-order valence-electron chi connectivity index (χ1n) is 7.79. The highest BCUT2D eigenvalue weighted by Gasteiger charge is 2.16. The summed E-state index contributed by atoms with van der Waals surface area (Å²) in [5.74, 6) is 0.235. The van der Waals surface area contributed by atoms with E-state index >= 15 is 0 Å². The Balaban J connectivity index is 2.14. The van der Waals surface area contributed by atoms with E-state index in [9.17, 15) is 9.59 Å². The van der Waals surface area contributed by atoms with Gasteiger partial charge in [-0.3, -0.25) is 14.6 Å². The molecule has 2 rings (SSSR count). The molecule has 6 heteroatoms. The molecule has 0 unspecified atom stereocenters. The maximum Gasteiger partial charge on any atom is 0.272 e. The first-order valence-corrected chi connectivity index (χ1v) is 7.79. The number of rotatable bonds is 6. The number of nitrogens with zero attached hydrogens (tertiary/aromatic N) is 2. The summed E-state index contributed by atoms with van der Waals surface area (Å²) >= 11 is 0. The minimum atomic E-state index is -0.295. The fraction of sp³-hybridized carbons (Fsp3) is 0.278. The van der Waals surface area contributed by atoms with Crippen molar-refractivity contribution >= 4 is 17.5 Å². The van der Waals surface area contributed by atoms with E-state index in [4.69, 9.17) is 4.74 Å². The number of methoxy groups -OCH3 is 1. The SMILES string of the molecule is CCN(CC)C(=O)c1cc(C(=O)Nc2ccc(OC)cc2)ccn1. The van der Waals surface area contributed by atoms with Crippen LogP contribution in [0, 0.1) is 0 Å². The molecule has 0 atom stereocenters. The Morgan fingerprint density at radius 2 is 1.79 bits per heavy atom. The van der Waals surface area contributed by atoms with Crippen molar-refractivity contribution in [2.24, 2.45) is 0 Å². The summed E-state index contributed by atoms with van der Waals surface area (Å²) in [6.45, 7) is 5.00. The Kier molecular flexibility index (Phi) is 5.89. The number of carbonyl (C=O) groups is 2. The molecular formula is C18H21N3O3. The lowest BCUT2D eigenvalue weighted by Gasteiger charge is -2.18. The van der Waals surface area contributed by atoms with Crippen molar-refractivity contribution in [3.05, 3.63) is 53.9 Å². The Hall–Kier alpha value is -2.89. The average molecular weight is 327 g/mol. The monoisotopic (exact) mass is 327 g/mol. The maximum absolute atomic E-state index is 12.4. The zero-order valence-corrected chi connectivity index (χ0v) is 14.1. The van der Waals surface area contributed by atoms with E-state index < -0.39 is 0 Å². The van der Waals surface area contributed by atoms with Crippen LogP contribution in [0.3, 0.4) is 0 Å². The van der Waals surface area contributed by atoms with Gasteiger partial charge in [0.2, 0.25) is 0 Å². The largest absolute Gasteiger partial charge is 0.497 e. The van der Waals surface area contributed by atoms with Gasteiger partial charge in [0.1, 0.15) is 11.4 Å². The summed E-state index contributed by atoms with van der Waals surface area (Å²) in [5.41, 5.74) is 1.30. The molecule has 0 bridgehead atoms. The molecule has 24 heavy (non-hydrogen) atoms. The van der Waals surface area contributed by atoms with Crippen LogP contribution < -0.4 is 10.1 Å². The molecule has 1 N–H and O–H groups in total. The van der Waals surface area contributed by atoms with E-state index in [1.807, 2.05) is 13.8 Å². The Bertz CT molecular complexity index is 710. The zero-order chi connectivity index (χ0) is 17.5. The number of nitrogens with one attached hydrogen (secondary N) is 1. The highest BCUT2D eigenvalue weighted by atomic mass is 16.5. The second kappa shape index (κ2) is 8.10. The molecule has 1 heterocycles. The predicted octanol–water partition coefficient (Wildman–Crippen LogP) is 2.82. The van der Waals surface area contributed by atoms with Crippen LogP contribution in [0.4, 0.5) is 5.69 Å². The summed E-state index contributed by atoms with van der Waals surface area (Å²) in [4.78, 5) is 30.4. The molecule has 2 amide bonds. The molecule has 6 nitrogen and oxygen atoms in total. The van der Waals surface area contributed by atoms with Crippen LogP contribution in [-0.2, 0) is 0 Å². The number of amides is 2. The van der Waals surface area contributed by atoms with Gasteiger partial charge in [-0.2, -0.15) is 0 Å². The second-order valence-electron chi connectivity index (χ2n) is 5.09. The topological polar surface area (TPSA) is 71.5 Å². The number of anilines is 1. The fourth-order valence-electron chi connectivity index (χ4n) is 2.24. The van der Waals surface area contributed by atoms with Crippen LogP contribution in [0.2, 0.25) is 0 Å². The highest BCUT2D eigenvalue weighted by molar-refractivity contribution is 6.05.